The van der Waals surface area contributed by atoms with E-state index in [0.29, 0.717) is 19.6 Å². The second-order valence-corrected chi connectivity index (χ2v) is 4.87. The van der Waals surface area contributed by atoms with Crippen LogP contribution < -0.4 is 5.32 Å². The van der Waals surface area contributed by atoms with Gasteiger partial charge in [0.2, 0.25) is 5.91 Å². The van der Waals surface area contributed by atoms with E-state index < -0.39 is 6.17 Å². The molecule has 0 heterocycles. The average Bonchev–Trinajstić information content (AvgIpc) is 2.45. The van der Waals surface area contributed by atoms with E-state index in [4.69, 9.17) is 4.74 Å². The standard InChI is InChI=1S/C16H24FNO2/c1-2-3-4-5-6-11-18-16(19)13-20-12-14-7-9-15(17)10-8-14/h2,7-9,15H,1,3-6,10-13H2,(H,18,19). The van der Waals surface area contributed by atoms with Crippen LogP contribution in [0.2, 0.25) is 0 Å². The lowest BCUT2D eigenvalue weighted by Crippen LogP contribution is -2.28. The van der Waals surface area contributed by atoms with Crippen molar-refractivity contribution in [3.63, 3.8) is 0 Å². The molecular weight excluding hydrogens is 257 g/mol. The molecule has 3 nitrogen and oxygen atoms in total. The molecule has 0 aromatic heterocycles. The molecule has 1 N–H and O–H groups in total. The van der Waals surface area contributed by atoms with Gasteiger partial charge in [-0.05, 0) is 24.8 Å². The van der Waals surface area contributed by atoms with Crippen LogP contribution >= 0.6 is 0 Å². The van der Waals surface area contributed by atoms with Crippen molar-refractivity contribution >= 4 is 5.91 Å². The van der Waals surface area contributed by atoms with Gasteiger partial charge in [-0.2, -0.15) is 0 Å². The predicted molar refractivity (Wildman–Crippen MR) is 79.2 cm³/mol. The number of carbonyl (C=O) groups excluding carboxylic acids is 1. The molecule has 0 aromatic carbocycles. The lowest BCUT2D eigenvalue weighted by Gasteiger charge is -2.10. The van der Waals surface area contributed by atoms with Crippen LogP contribution in [0.4, 0.5) is 4.39 Å². The van der Waals surface area contributed by atoms with Gasteiger partial charge in [0.25, 0.3) is 0 Å². The third kappa shape index (κ3) is 7.89. The van der Waals surface area contributed by atoms with E-state index in [0.717, 1.165) is 31.3 Å². The van der Waals surface area contributed by atoms with E-state index in [1.807, 2.05) is 12.2 Å². The van der Waals surface area contributed by atoms with Crippen molar-refractivity contribution in [3.05, 3.63) is 36.5 Å². The van der Waals surface area contributed by atoms with Gasteiger partial charge in [-0.15, -0.1) is 6.58 Å². The van der Waals surface area contributed by atoms with Crippen LogP contribution in [0.25, 0.3) is 0 Å². The third-order valence-electron chi connectivity index (χ3n) is 3.03. The minimum absolute atomic E-state index is 0.0525. The highest BCUT2D eigenvalue weighted by molar-refractivity contribution is 5.77. The molecule has 1 unspecified atom stereocenters. The fourth-order valence-corrected chi connectivity index (χ4v) is 1.88. The maximum Gasteiger partial charge on any atom is 0.246 e. The van der Waals surface area contributed by atoms with Crippen molar-refractivity contribution in [2.75, 3.05) is 19.8 Å². The number of alkyl halides is 1. The van der Waals surface area contributed by atoms with E-state index in [2.05, 4.69) is 11.9 Å². The second-order valence-electron chi connectivity index (χ2n) is 4.87. The summed E-state index contributed by atoms with van der Waals surface area (Å²) in [4.78, 5) is 11.5. The molecule has 0 fully saturated rings. The Labute approximate surface area is 120 Å². The first-order valence-electron chi connectivity index (χ1n) is 7.19. The molecule has 0 spiro atoms. The van der Waals surface area contributed by atoms with Crippen molar-refractivity contribution in [2.24, 2.45) is 0 Å². The summed E-state index contributed by atoms with van der Waals surface area (Å²) in [7, 11) is 0. The summed E-state index contributed by atoms with van der Waals surface area (Å²) in [6.45, 7) is 4.76. The number of nitrogens with one attached hydrogen (secondary N) is 1. The Balaban J connectivity index is 1.98. The van der Waals surface area contributed by atoms with Crippen molar-refractivity contribution in [2.45, 2.75) is 38.3 Å². The quantitative estimate of drug-likeness (QED) is 0.493. The zero-order valence-electron chi connectivity index (χ0n) is 11.9. The second kappa shape index (κ2) is 10.4. The number of halogens is 1. The van der Waals surface area contributed by atoms with E-state index >= 15 is 0 Å². The number of amides is 1. The molecular formula is C16H24FNO2. The number of allylic oxidation sites excluding steroid dienone is 3. The molecule has 0 saturated heterocycles. The summed E-state index contributed by atoms with van der Waals surface area (Å²) in [5, 5.41) is 2.82. The maximum absolute atomic E-state index is 12.8. The number of rotatable bonds is 10. The topological polar surface area (TPSA) is 38.3 Å². The summed E-state index contributed by atoms with van der Waals surface area (Å²) >= 11 is 0. The summed E-state index contributed by atoms with van der Waals surface area (Å²) in [6.07, 6.45) is 10.7. The first kappa shape index (κ1) is 16.6. The first-order valence-corrected chi connectivity index (χ1v) is 7.19. The minimum atomic E-state index is -0.886. The van der Waals surface area contributed by atoms with Gasteiger partial charge in [-0.1, -0.05) is 30.7 Å². The van der Waals surface area contributed by atoms with Gasteiger partial charge >= 0.3 is 0 Å². The SMILES string of the molecule is C=CCCCCCNC(=O)COCC1=CCC(F)C=C1. The lowest BCUT2D eigenvalue weighted by atomic mass is 10.1. The van der Waals surface area contributed by atoms with Crippen LogP contribution in [0.5, 0.6) is 0 Å². The molecule has 0 aliphatic heterocycles. The molecule has 1 amide bonds. The lowest BCUT2D eigenvalue weighted by molar-refractivity contribution is -0.125. The van der Waals surface area contributed by atoms with Crippen LogP contribution in [0.3, 0.4) is 0 Å². The van der Waals surface area contributed by atoms with Gasteiger partial charge < -0.3 is 10.1 Å². The molecule has 112 valence electrons. The average molecular weight is 281 g/mol. The van der Waals surface area contributed by atoms with Gasteiger partial charge in [0.1, 0.15) is 12.8 Å². The van der Waals surface area contributed by atoms with E-state index in [1.54, 1.807) is 6.08 Å². The van der Waals surface area contributed by atoms with Gasteiger partial charge in [0.15, 0.2) is 0 Å². The van der Waals surface area contributed by atoms with Gasteiger partial charge in [-0.3, -0.25) is 4.79 Å². The largest absolute Gasteiger partial charge is 0.367 e. The van der Waals surface area contributed by atoms with Crippen molar-refractivity contribution < 1.29 is 13.9 Å². The zero-order valence-corrected chi connectivity index (χ0v) is 11.9. The number of hydrogen-bond donors (Lipinski definition) is 1. The molecule has 0 saturated carbocycles. The van der Waals surface area contributed by atoms with Crippen LogP contribution in [0.1, 0.15) is 32.1 Å². The smallest absolute Gasteiger partial charge is 0.246 e. The molecule has 1 aliphatic rings. The molecule has 1 aliphatic carbocycles. The first-order chi connectivity index (χ1) is 9.72. The summed E-state index contributed by atoms with van der Waals surface area (Å²) in [5.74, 6) is -0.0996. The highest BCUT2D eigenvalue weighted by Crippen LogP contribution is 2.13. The minimum Gasteiger partial charge on any atom is -0.367 e. The predicted octanol–water partition coefficient (Wildman–Crippen LogP) is 3.09. The monoisotopic (exact) mass is 281 g/mol. The molecule has 1 rings (SSSR count). The Bertz CT molecular complexity index is 363. The Morgan fingerprint density at radius 1 is 1.50 bits per heavy atom. The highest BCUT2D eigenvalue weighted by atomic mass is 19.1. The van der Waals surface area contributed by atoms with Crippen molar-refractivity contribution in [1.29, 1.82) is 0 Å². The number of ether oxygens (including phenoxy) is 1. The molecule has 1 atom stereocenters. The molecule has 0 radical (unpaired) electrons. The van der Waals surface area contributed by atoms with E-state index in [-0.39, 0.29) is 12.5 Å². The van der Waals surface area contributed by atoms with Crippen LogP contribution in [-0.2, 0) is 9.53 Å². The molecule has 20 heavy (non-hydrogen) atoms. The highest BCUT2D eigenvalue weighted by Gasteiger charge is 2.07. The third-order valence-corrected chi connectivity index (χ3v) is 3.03. The Kier molecular flexibility index (Phi) is 8.63. The van der Waals surface area contributed by atoms with Gasteiger partial charge in [0, 0.05) is 13.0 Å². The molecule has 0 bridgehead atoms. The Hall–Kier alpha value is -1.42. The maximum atomic E-state index is 12.8. The van der Waals surface area contributed by atoms with Gasteiger partial charge in [-0.25, -0.2) is 4.39 Å². The summed E-state index contributed by atoms with van der Waals surface area (Å²) in [6, 6.07) is 0. The number of hydrogen-bond acceptors (Lipinski definition) is 2. The fourth-order valence-electron chi connectivity index (χ4n) is 1.88. The number of carbonyl (C=O) groups is 1. The van der Waals surface area contributed by atoms with Crippen LogP contribution in [0, 0.1) is 0 Å². The molecule has 0 aromatic rings. The summed E-state index contributed by atoms with van der Waals surface area (Å²) in [5.41, 5.74) is 0.927. The Morgan fingerprint density at radius 2 is 2.35 bits per heavy atom. The van der Waals surface area contributed by atoms with E-state index in [1.165, 1.54) is 6.08 Å². The summed E-state index contributed by atoms with van der Waals surface area (Å²) < 4.78 is 18.1. The fraction of sp³-hybridized carbons (Fsp3) is 0.562. The van der Waals surface area contributed by atoms with Crippen molar-refractivity contribution in [1.82, 2.24) is 5.32 Å². The molecule has 4 heteroatoms. The van der Waals surface area contributed by atoms with Gasteiger partial charge in [0.05, 0.1) is 6.61 Å². The van der Waals surface area contributed by atoms with E-state index in [9.17, 15) is 9.18 Å². The Morgan fingerprint density at radius 3 is 3.05 bits per heavy atom. The van der Waals surface area contributed by atoms with Crippen molar-refractivity contribution in [3.8, 4) is 0 Å². The number of unbranched alkanes of at least 4 members (excludes halogenated alkanes) is 3. The zero-order chi connectivity index (χ0) is 14.6. The normalized spacial score (nSPS) is 17.6. The van der Waals surface area contributed by atoms with Crippen LogP contribution in [-0.4, -0.2) is 31.8 Å². The van der Waals surface area contributed by atoms with Crippen LogP contribution in [0.15, 0.2) is 36.5 Å².